The molecule has 148 valence electrons. The maximum atomic E-state index is 13.5. The summed E-state index contributed by atoms with van der Waals surface area (Å²) in [4.78, 5) is 0. The second kappa shape index (κ2) is 8.18. The Balaban J connectivity index is 1.55. The third-order valence-corrected chi connectivity index (χ3v) is 6.47. The molecule has 0 amide bonds. The molecule has 1 aliphatic carbocycles. The van der Waals surface area contributed by atoms with Crippen molar-refractivity contribution in [3.8, 4) is 0 Å². The second-order valence-corrected chi connectivity index (χ2v) is 8.42. The fraction of sp³-hybridized carbons (Fsp3) is 0.440. The minimum Gasteiger partial charge on any atom is -0.370 e. The lowest BCUT2D eigenvalue weighted by molar-refractivity contribution is -0.0325. The summed E-state index contributed by atoms with van der Waals surface area (Å²) < 4.78 is 19.9. The van der Waals surface area contributed by atoms with Gasteiger partial charge in [-0.05, 0) is 72.2 Å². The second-order valence-electron chi connectivity index (χ2n) is 8.42. The molecule has 28 heavy (non-hydrogen) atoms. The molecule has 2 aromatic rings. The highest BCUT2D eigenvalue weighted by molar-refractivity contribution is 5.71. The quantitative estimate of drug-likeness (QED) is 0.717. The smallest absolute Gasteiger partial charge is 0.123 e. The SMILES string of the molecule is Cc1cccc(C)c1CNCC1=C(c2ccc(F)cc2)CC2(CCCC2)OC1. The molecule has 0 saturated heterocycles. The van der Waals surface area contributed by atoms with E-state index in [-0.39, 0.29) is 11.4 Å². The van der Waals surface area contributed by atoms with Gasteiger partial charge in [-0.1, -0.05) is 43.2 Å². The zero-order valence-corrected chi connectivity index (χ0v) is 17.0. The van der Waals surface area contributed by atoms with Gasteiger partial charge in [0.25, 0.3) is 0 Å². The predicted octanol–water partition coefficient (Wildman–Crippen LogP) is 5.72. The van der Waals surface area contributed by atoms with E-state index in [2.05, 4.69) is 37.4 Å². The Bertz CT molecular complexity index is 842. The van der Waals surface area contributed by atoms with E-state index in [1.807, 2.05) is 12.1 Å². The lowest BCUT2D eigenvalue weighted by Gasteiger charge is -2.37. The summed E-state index contributed by atoms with van der Waals surface area (Å²) in [5.41, 5.74) is 7.81. The molecule has 1 aliphatic heterocycles. The number of aryl methyl sites for hydroxylation is 2. The van der Waals surface area contributed by atoms with Crippen molar-refractivity contribution in [3.05, 3.63) is 76.1 Å². The molecule has 0 bridgehead atoms. The highest BCUT2D eigenvalue weighted by Gasteiger charge is 2.39. The van der Waals surface area contributed by atoms with E-state index in [9.17, 15) is 4.39 Å². The first-order valence-corrected chi connectivity index (χ1v) is 10.4. The van der Waals surface area contributed by atoms with Crippen LogP contribution < -0.4 is 5.32 Å². The van der Waals surface area contributed by atoms with Gasteiger partial charge in [0.1, 0.15) is 5.82 Å². The minimum atomic E-state index is -0.179. The molecule has 1 spiro atoms. The molecule has 0 unspecified atom stereocenters. The van der Waals surface area contributed by atoms with E-state index in [4.69, 9.17) is 4.74 Å². The Kier molecular flexibility index (Phi) is 5.65. The van der Waals surface area contributed by atoms with Crippen molar-refractivity contribution < 1.29 is 9.13 Å². The number of hydrogen-bond acceptors (Lipinski definition) is 2. The molecule has 2 nitrogen and oxygen atoms in total. The Hall–Kier alpha value is -1.97. The molecule has 2 aliphatic rings. The summed E-state index contributed by atoms with van der Waals surface area (Å²) in [5.74, 6) is -0.179. The topological polar surface area (TPSA) is 21.3 Å². The Labute approximate surface area is 167 Å². The molecule has 0 atom stereocenters. The van der Waals surface area contributed by atoms with Crippen LogP contribution in [0.1, 0.15) is 54.4 Å². The molecule has 1 heterocycles. The van der Waals surface area contributed by atoms with Crippen LogP contribution in [-0.2, 0) is 11.3 Å². The van der Waals surface area contributed by atoms with Crippen LogP contribution in [0, 0.1) is 19.7 Å². The number of ether oxygens (including phenoxy) is 1. The standard InChI is InChI=1S/C25H30FNO/c1-18-6-5-7-19(2)24(18)16-27-15-21-17-28-25(12-3-4-13-25)14-23(21)20-8-10-22(26)11-9-20/h5-11,27H,3-4,12-17H2,1-2H3. The summed E-state index contributed by atoms with van der Waals surface area (Å²) in [6.45, 7) is 6.66. The van der Waals surface area contributed by atoms with Gasteiger partial charge in [0.2, 0.25) is 0 Å². The van der Waals surface area contributed by atoms with Crippen molar-refractivity contribution in [2.24, 2.45) is 0 Å². The third kappa shape index (κ3) is 4.06. The molecule has 0 radical (unpaired) electrons. The largest absolute Gasteiger partial charge is 0.370 e. The minimum absolute atomic E-state index is 0.000173. The van der Waals surface area contributed by atoms with Gasteiger partial charge in [-0.3, -0.25) is 0 Å². The molecule has 4 rings (SSSR count). The first-order chi connectivity index (χ1) is 13.6. The Morgan fingerprint density at radius 3 is 2.32 bits per heavy atom. The number of hydrogen-bond donors (Lipinski definition) is 1. The molecule has 2 aromatic carbocycles. The monoisotopic (exact) mass is 379 g/mol. The van der Waals surface area contributed by atoms with E-state index >= 15 is 0 Å². The normalized spacial score (nSPS) is 18.8. The van der Waals surface area contributed by atoms with Gasteiger partial charge in [-0.2, -0.15) is 0 Å². The van der Waals surface area contributed by atoms with Gasteiger partial charge in [-0.25, -0.2) is 4.39 Å². The van der Waals surface area contributed by atoms with Gasteiger partial charge >= 0.3 is 0 Å². The van der Waals surface area contributed by atoms with Gasteiger partial charge < -0.3 is 10.1 Å². The van der Waals surface area contributed by atoms with Crippen LogP contribution in [0.25, 0.3) is 5.57 Å². The van der Waals surface area contributed by atoms with E-state index in [1.165, 1.54) is 40.7 Å². The van der Waals surface area contributed by atoms with Crippen molar-refractivity contribution in [2.75, 3.05) is 13.2 Å². The maximum Gasteiger partial charge on any atom is 0.123 e. The fourth-order valence-electron chi connectivity index (χ4n) is 4.75. The predicted molar refractivity (Wildman–Crippen MR) is 113 cm³/mol. The summed E-state index contributed by atoms with van der Waals surface area (Å²) in [5, 5.41) is 3.63. The number of benzene rings is 2. The molecule has 3 heteroatoms. The summed E-state index contributed by atoms with van der Waals surface area (Å²) in [7, 11) is 0. The molecular weight excluding hydrogens is 349 g/mol. The Morgan fingerprint density at radius 2 is 1.64 bits per heavy atom. The van der Waals surface area contributed by atoms with Crippen molar-refractivity contribution in [1.29, 1.82) is 0 Å². The van der Waals surface area contributed by atoms with Gasteiger partial charge in [-0.15, -0.1) is 0 Å². The van der Waals surface area contributed by atoms with E-state index in [1.54, 1.807) is 12.1 Å². The van der Waals surface area contributed by atoms with E-state index in [0.717, 1.165) is 37.9 Å². The average molecular weight is 380 g/mol. The zero-order chi connectivity index (χ0) is 19.6. The van der Waals surface area contributed by atoms with Gasteiger partial charge in [0.05, 0.1) is 12.2 Å². The molecule has 1 saturated carbocycles. The van der Waals surface area contributed by atoms with Crippen molar-refractivity contribution >= 4 is 5.57 Å². The number of rotatable bonds is 5. The van der Waals surface area contributed by atoms with Crippen LogP contribution in [0.3, 0.4) is 0 Å². The third-order valence-electron chi connectivity index (χ3n) is 6.47. The molecule has 1 fully saturated rings. The summed E-state index contributed by atoms with van der Waals surface area (Å²) in [6.07, 6.45) is 5.72. The first kappa shape index (κ1) is 19.4. The van der Waals surface area contributed by atoms with Crippen LogP contribution in [0.5, 0.6) is 0 Å². The fourth-order valence-corrected chi connectivity index (χ4v) is 4.75. The first-order valence-electron chi connectivity index (χ1n) is 10.4. The van der Waals surface area contributed by atoms with Crippen LogP contribution in [-0.4, -0.2) is 18.8 Å². The molecular formula is C25H30FNO. The van der Waals surface area contributed by atoms with Crippen molar-refractivity contribution in [1.82, 2.24) is 5.32 Å². The highest BCUT2D eigenvalue weighted by Crippen LogP contribution is 2.44. The highest BCUT2D eigenvalue weighted by atomic mass is 19.1. The van der Waals surface area contributed by atoms with Gasteiger partial charge in [0.15, 0.2) is 0 Å². The van der Waals surface area contributed by atoms with Gasteiger partial charge in [0, 0.05) is 19.5 Å². The average Bonchev–Trinajstić information content (AvgIpc) is 3.14. The number of nitrogens with one attached hydrogen (secondary N) is 1. The van der Waals surface area contributed by atoms with Crippen LogP contribution in [0.2, 0.25) is 0 Å². The van der Waals surface area contributed by atoms with E-state index in [0.29, 0.717) is 6.61 Å². The molecule has 0 aromatic heterocycles. The number of halogens is 1. The zero-order valence-electron chi connectivity index (χ0n) is 17.0. The van der Waals surface area contributed by atoms with Crippen LogP contribution >= 0.6 is 0 Å². The summed E-state index contributed by atoms with van der Waals surface area (Å²) in [6, 6.07) is 13.4. The molecule has 1 N–H and O–H groups in total. The van der Waals surface area contributed by atoms with Crippen LogP contribution in [0.4, 0.5) is 4.39 Å². The maximum absolute atomic E-state index is 13.5. The lowest BCUT2D eigenvalue weighted by atomic mass is 9.84. The van der Waals surface area contributed by atoms with Crippen LogP contribution in [0.15, 0.2) is 48.0 Å². The van der Waals surface area contributed by atoms with Crippen molar-refractivity contribution in [2.45, 2.75) is 58.1 Å². The van der Waals surface area contributed by atoms with E-state index < -0.39 is 0 Å². The summed E-state index contributed by atoms with van der Waals surface area (Å²) >= 11 is 0. The van der Waals surface area contributed by atoms with Crippen molar-refractivity contribution in [3.63, 3.8) is 0 Å². The Morgan fingerprint density at radius 1 is 0.964 bits per heavy atom. The lowest BCUT2D eigenvalue weighted by Crippen LogP contribution is -2.36.